The van der Waals surface area contributed by atoms with Gasteiger partial charge in [0, 0.05) is 12.5 Å². The first-order chi connectivity index (χ1) is 4.64. The van der Waals surface area contributed by atoms with Gasteiger partial charge in [-0.05, 0) is 6.42 Å². The van der Waals surface area contributed by atoms with Crippen molar-refractivity contribution < 1.29 is 9.53 Å². The van der Waals surface area contributed by atoms with Crippen LogP contribution in [-0.4, -0.2) is 18.5 Å². The molecule has 2 atom stereocenters. The van der Waals surface area contributed by atoms with Gasteiger partial charge in [0.2, 0.25) is 0 Å². The van der Waals surface area contributed by atoms with E-state index in [1.165, 1.54) is 0 Å². The summed E-state index contributed by atoms with van der Waals surface area (Å²) in [5.41, 5.74) is -0.179. The van der Waals surface area contributed by atoms with Crippen molar-refractivity contribution in [2.45, 2.75) is 26.4 Å². The predicted octanol–water partition coefficient (Wildman–Crippen LogP) is 1.00. The Labute approximate surface area is 60.6 Å². The molecule has 2 rings (SSSR count). The average Bonchev–Trinajstić information content (AvgIpc) is 2.31. The van der Waals surface area contributed by atoms with Crippen molar-refractivity contribution in [1.29, 1.82) is 0 Å². The molecule has 0 aromatic carbocycles. The Bertz CT molecular complexity index is 184. The summed E-state index contributed by atoms with van der Waals surface area (Å²) in [6, 6.07) is 0. The number of rotatable bonds is 0. The van der Waals surface area contributed by atoms with Crippen LogP contribution in [0.4, 0.5) is 0 Å². The van der Waals surface area contributed by atoms with E-state index in [0.29, 0.717) is 5.78 Å². The largest absolute Gasteiger partial charge is 0.376 e. The molecule has 2 nitrogen and oxygen atoms in total. The third-order valence-electron chi connectivity index (χ3n) is 2.77. The minimum atomic E-state index is -0.179. The summed E-state index contributed by atoms with van der Waals surface area (Å²) >= 11 is 0. The highest BCUT2D eigenvalue weighted by Crippen LogP contribution is 2.48. The lowest BCUT2D eigenvalue weighted by Gasteiger charge is -2.44. The van der Waals surface area contributed by atoms with E-state index in [9.17, 15) is 4.79 Å². The predicted molar refractivity (Wildman–Crippen MR) is 36.6 cm³/mol. The molecule has 2 heteroatoms. The fraction of sp³-hybridized carbons (Fsp3) is 0.875. The lowest BCUT2D eigenvalue weighted by Crippen LogP contribution is -2.56. The van der Waals surface area contributed by atoms with Crippen LogP contribution in [0.15, 0.2) is 0 Å². The highest BCUT2D eigenvalue weighted by molar-refractivity contribution is 5.94. The molecule has 0 N–H and O–H groups in total. The van der Waals surface area contributed by atoms with Crippen LogP contribution in [0, 0.1) is 11.3 Å². The Kier molecular flexibility index (Phi) is 1.03. The number of hydrogen-bond acceptors (Lipinski definition) is 2. The van der Waals surface area contributed by atoms with Crippen LogP contribution in [0.25, 0.3) is 0 Å². The van der Waals surface area contributed by atoms with Crippen molar-refractivity contribution in [3.8, 4) is 0 Å². The van der Waals surface area contributed by atoms with Gasteiger partial charge in [-0.2, -0.15) is 0 Å². The maximum Gasteiger partial charge on any atom is 0.146 e. The van der Waals surface area contributed by atoms with Crippen LogP contribution in [0.2, 0.25) is 0 Å². The van der Waals surface area contributed by atoms with E-state index in [0.717, 1.165) is 13.0 Å². The minimum Gasteiger partial charge on any atom is -0.376 e. The molecule has 0 aromatic rings. The van der Waals surface area contributed by atoms with Crippen molar-refractivity contribution >= 4 is 5.78 Å². The van der Waals surface area contributed by atoms with Crippen molar-refractivity contribution in [1.82, 2.24) is 0 Å². The van der Waals surface area contributed by atoms with Gasteiger partial charge in [-0.25, -0.2) is 0 Å². The van der Waals surface area contributed by atoms with Gasteiger partial charge in [-0.1, -0.05) is 13.8 Å². The summed E-state index contributed by atoms with van der Waals surface area (Å²) in [7, 11) is 0. The smallest absolute Gasteiger partial charge is 0.146 e. The molecule has 1 saturated heterocycles. The van der Waals surface area contributed by atoms with Gasteiger partial charge in [0.25, 0.3) is 0 Å². The molecule has 0 spiro atoms. The van der Waals surface area contributed by atoms with Gasteiger partial charge in [0.1, 0.15) is 5.78 Å². The maximum atomic E-state index is 11.3. The average molecular weight is 140 g/mol. The van der Waals surface area contributed by atoms with Gasteiger partial charge in [0.05, 0.1) is 11.5 Å². The molecule has 0 bridgehead atoms. The summed E-state index contributed by atoms with van der Waals surface area (Å²) in [6.07, 6.45) is 1.19. The van der Waals surface area contributed by atoms with Gasteiger partial charge in [0.15, 0.2) is 0 Å². The molecule has 10 heavy (non-hydrogen) atoms. The third-order valence-corrected chi connectivity index (χ3v) is 2.77. The zero-order chi connectivity index (χ0) is 7.35. The number of Topliss-reactive ketones (excluding diaryl/α,β-unsaturated/α-hetero) is 1. The van der Waals surface area contributed by atoms with Gasteiger partial charge in [-0.3, -0.25) is 4.79 Å². The molecule has 1 heterocycles. The molecule has 2 aliphatic rings. The van der Waals surface area contributed by atoms with Crippen LogP contribution < -0.4 is 0 Å². The van der Waals surface area contributed by atoms with Crippen molar-refractivity contribution in [2.24, 2.45) is 11.3 Å². The van der Waals surface area contributed by atoms with Crippen LogP contribution >= 0.6 is 0 Å². The fourth-order valence-corrected chi connectivity index (χ4v) is 2.09. The molecule has 0 unspecified atom stereocenters. The number of carbonyl (C=O) groups is 1. The second-order valence-electron chi connectivity index (χ2n) is 3.77. The van der Waals surface area contributed by atoms with E-state index in [1.807, 2.05) is 13.8 Å². The van der Waals surface area contributed by atoms with Crippen molar-refractivity contribution in [2.75, 3.05) is 6.61 Å². The molecule has 0 amide bonds. The quantitative estimate of drug-likeness (QED) is 0.501. The fourth-order valence-electron chi connectivity index (χ4n) is 2.09. The Balaban J connectivity index is 2.23. The minimum absolute atomic E-state index is 0.179. The zero-order valence-corrected chi connectivity index (χ0v) is 6.39. The molecule has 56 valence electrons. The van der Waals surface area contributed by atoms with E-state index in [-0.39, 0.29) is 17.4 Å². The first-order valence-electron chi connectivity index (χ1n) is 3.80. The molecular weight excluding hydrogens is 128 g/mol. The molecule has 1 aliphatic heterocycles. The van der Waals surface area contributed by atoms with Crippen molar-refractivity contribution in [3.05, 3.63) is 0 Å². The Morgan fingerprint density at radius 1 is 1.60 bits per heavy atom. The normalized spacial score (nSPS) is 42.8. The summed E-state index contributed by atoms with van der Waals surface area (Å²) < 4.78 is 5.42. The second kappa shape index (κ2) is 1.62. The first kappa shape index (κ1) is 6.35. The third kappa shape index (κ3) is 0.511. The van der Waals surface area contributed by atoms with Crippen LogP contribution in [0.5, 0.6) is 0 Å². The van der Waals surface area contributed by atoms with Gasteiger partial charge >= 0.3 is 0 Å². The van der Waals surface area contributed by atoms with E-state index >= 15 is 0 Å². The Morgan fingerprint density at radius 2 is 2.30 bits per heavy atom. The highest BCUT2D eigenvalue weighted by atomic mass is 16.5. The van der Waals surface area contributed by atoms with Crippen molar-refractivity contribution in [3.63, 3.8) is 0 Å². The number of carbonyl (C=O) groups excluding carboxylic acids is 1. The monoisotopic (exact) mass is 140 g/mol. The van der Waals surface area contributed by atoms with Crippen LogP contribution in [0.1, 0.15) is 20.3 Å². The van der Waals surface area contributed by atoms with Gasteiger partial charge < -0.3 is 4.74 Å². The number of ether oxygens (including phenoxy) is 1. The lowest BCUT2D eigenvalue weighted by atomic mass is 9.60. The molecule has 0 radical (unpaired) electrons. The topological polar surface area (TPSA) is 26.3 Å². The summed E-state index contributed by atoms with van der Waals surface area (Å²) in [4.78, 5) is 11.3. The standard InChI is InChI=1S/C8H12O2/c1-8(2)6(9)5-3-4-10-7(5)8/h5,7H,3-4H2,1-2H3/t5-,7-/m0/s1. The second-order valence-corrected chi connectivity index (χ2v) is 3.77. The molecule has 1 aliphatic carbocycles. The first-order valence-corrected chi connectivity index (χ1v) is 3.80. The molecule has 1 saturated carbocycles. The van der Waals surface area contributed by atoms with E-state index in [4.69, 9.17) is 4.74 Å². The number of fused-ring (bicyclic) bond motifs is 1. The number of ketones is 1. The summed E-state index contributed by atoms with van der Waals surface area (Å²) in [6.45, 7) is 4.73. The Morgan fingerprint density at radius 3 is 2.90 bits per heavy atom. The SMILES string of the molecule is CC1(C)C(=O)[C@@H]2CCO[C@@H]21. The molecule has 2 fully saturated rings. The van der Waals surface area contributed by atoms with E-state index in [2.05, 4.69) is 0 Å². The summed E-state index contributed by atoms with van der Waals surface area (Å²) in [5.74, 6) is 0.644. The molecule has 0 aromatic heterocycles. The summed E-state index contributed by atoms with van der Waals surface area (Å²) in [5, 5.41) is 0. The maximum absolute atomic E-state index is 11.3. The lowest BCUT2D eigenvalue weighted by molar-refractivity contribution is -0.159. The zero-order valence-electron chi connectivity index (χ0n) is 6.39. The van der Waals surface area contributed by atoms with E-state index < -0.39 is 0 Å². The van der Waals surface area contributed by atoms with E-state index in [1.54, 1.807) is 0 Å². The Hall–Kier alpha value is -0.370. The molecular formula is C8H12O2. The van der Waals surface area contributed by atoms with Crippen LogP contribution in [0.3, 0.4) is 0 Å². The van der Waals surface area contributed by atoms with Crippen LogP contribution in [-0.2, 0) is 9.53 Å². The number of hydrogen-bond donors (Lipinski definition) is 0. The van der Waals surface area contributed by atoms with Gasteiger partial charge in [-0.15, -0.1) is 0 Å². The highest BCUT2D eigenvalue weighted by Gasteiger charge is 2.58.